The summed E-state index contributed by atoms with van der Waals surface area (Å²) in [6.07, 6.45) is -0.0833. The van der Waals surface area contributed by atoms with Gasteiger partial charge in [0.05, 0.1) is 11.6 Å². The van der Waals surface area contributed by atoms with Crippen molar-refractivity contribution in [3.05, 3.63) is 58.6 Å². The van der Waals surface area contributed by atoms with Gasteiger partial charge in [0.1, 0.15) is 22.8 Å². The summed E-state index contributed by atoms with van der Waals surface area (Å²) in [6, 6.07) is 2.06. The number of primary amides is 2. The summed E-state index contributed by atoms with van der Waals surface area (Å²) in [6.45, 7) is 3.26. The second kappa shape index (κ2) is 11.2. The van der Waals surface area contributed by atoms with Crippen molar-refractivity contribution < 1.29 is 44.3 Å². The van der Waals surface area contributed by atoms with Gasteiger partial charge in [-0.2, -0.15) is 0 Å². The van der Waals surface area contributed by atoms with Crippen LogP contribution in [0, 0.1) is 11.8 Å². The normalized spacial score (nSPS) is 25.8. The zero-order chi connectivity index (χ0) is 31.1. The monoisotopic (exact) mass is 573 g/mol. The van der Waals surface area contributed by atoms with Crippen molar-refractivity contribution in [3.8, 4) is 5.75 Å². The summed E-state index contributed by atoms with van der Waals surface area (Å²) in [5.41, 5.74) is 12.6. The van der Waals surface area contributed by atoms with Crippen LogP contribution in [0.15, 0.2) is 47.5 Å². The number of ether oxygens (including phenoxy) is 1. The van der Waals surface area contributed by atoms with Crippen LogP contribution in [0.25, 0.3) is 0 Å². The number of allylic oxidation sites excluding steroid dienone is 1. The lowest BCUT2D eigenvalue weighted by atomic mass is 9.58. The van der Waals surface area contributed by atoms with Crippen LogP contribution in [0.5, 0.6) is 5.75 Å². The van der Waals surface area contributed by atoms with Gasteiger partial charge in [-0.15, -0.1) is 0 Å². The molecule has 0 fully saturated rings. The molecule has 41 heavy (non-hydrogen) atoms. The summed E-state index contributed by atoms with van der Waals surface area (Å²) in [7, 11) is 6.79. The molecule has 0 heterocycles. The van der Waals surface area contributed by atoms with Crippen LogP contribution >= 0.6 is 0 Å². The van der Waals surface area contributed by atoms with Crippen LogP contribution in [0.3, 0.4) is 0 Å². The molecule has 222 valence electrons. The second-order valence-corrected chi connectivity index (χ2v) is 10.5. The van der Waals surface area contributed by atoms with Gasteiger partial charge in [-0.1, -0.05) is 6.58 Å². The number of benzene rings is 1. The highest BCUT2D eigenvalue weighted by molar-refractivity contribution is 6.24. The van der Waals surface area contributed by atoms with Gasteiger partial charge in [-0.05, 0) is 56.6 Å². The van der Waals surface area contributed by atoms with Gasteiger partial charge in [0, 0.05) is 31.3 Å². The highest BCUT2D eigenvalue weighted by Crippen LogP contribution is 2.53. The molecule has 0 radical (unpaired) electrons. The van der Waals surface area contributed by atoms with Gasteiger partial charge in [0.25, 0.3) is 5.91 Å². The first kappa shape index (κ1) is 31.1. The maximum Gasteiger partial charge on any atom is 0.406 e. The van der Waals surface area contributed by atoms with E-state index in [9.17, 15) is 39.6 Å². The molecule has 0 saturated carbocycles. The molecule has 0 aromatic heterocycles. The number of phenolic OH excluding ortho intramolecular Hbond substituents is 1. The summed E-state index contributed by atoms with van der Waals surface area (Å²) in [5, 5.41) is 43.9. The van der Waals surface area contributed by atoms with Crippen molar-refractivity contribution in [2.24, 2.45) is 29.0 Å². The average molecular weight is 574 g/mol. The Hall–Kier alpha value is -4.40. The molecule has 0 spiro atoms. The Bertz CT molecular complexity index is 1380. The number of amides is 2. The number of carbonyl (C=O) groups excluding carboxylic acids is 4. The summed E-state index contributed by atoms with van der Waals surface area (Å²) < 4.78 is 4.20. The number of phenols is 1. The van der Waals surface area contributed by atoms with Gasteiger partial charge in [-0.25, -0.2) is 4.79 Å². The van der Waals surface area contributed by atoms with Crippen LogP contribution < -0.4 is 22.1 Å². The van der Waals surface area contributed by atoms with E-state index >= 15 is 0 Å². The van der Waals surface area contributed by atoms with E-state index in [1.165, 1.54) is 17.0 Å². The second-order valence-electron chi connectivity index (χ2n) is 10.5. The SMILES string of the molecule is C=CC(N)OC(N)=O.CN(C)c1ccc(O)c2c1C[C@H]1C[C@H]3[C@H](N(C)C)C(O)=C(C(N)=O)C(=O)[C@@]3(O)C(O)=C1C2=O. The third-order valence-electron chi connectivity index (χ3n) is 7.55. The van der Waals surface area contributed by atoms with Crippen molar-refractivity contribution in [2.75, 3.05) is 33.1 Å². The Morgan fingerprint density at radius 2 is 1.76 bits per heavy atom. The zero-order valence-electron chi connectivity index (χ0n) is 23.1. The number of anilines is 1. The van der Waals surface area contributed by atoms with E-state index in [1.54, 1.807) is 39.2 Å². The molecule has 1 aromatic rings. The van der Waals surface area contributed by atoms with Crippen LogP contribution in [0.2, 0.25) is 0 Å². The number of likely N-dealkylation sites (N-methyl/N-ethyl adjacent to an activating group) is 1. The average Bonchev–Trinajstić information content (AvgIpc) is 2.85. The lowest BCUT2D eigenvalue weighted by molar-refractivity contribution is -0.148. The van der Waals surface area contributed by atoms with Crippen molar-refractivity contribution in [2.45, 2.75) is 30.7 Å². The molecule has 3 aliphatic carbocycles. The largest absolute Gasteiger partial charge is 0.510 e. The van der Waals surface area contributed by atoms with E-state index in [4.69, 9.17) is 11.5 Å². The Morgan fingerprint density at radius 3 is 2.22 bits per heavy atom. The fourth-order valence-corrected chi connectivity index (χ4v) is 5.84. The number of nitrogens with zero attached hydrogens (tertiary/aromatic N) is 2. The Labute approximate surface area is 235 Å². The molecule has 3 aliphatic rings. The summed E-state index contributed by atoms with van der Waals surface area (Å²) in [4.78, 5) is 51.8. The van der Waals surface area contributed by atoms with Crippen LogP contribution in [-0.4, -0.2) is 95.0 Å². The number of hydrogen-bond donors (Lipinski definition) is 7. The van der Waals surface area contributed by atoms with Crippen LogP contribution in [0.1, 0.15) is 22.3 Å². The third-order valence-corrected chi connectivity index (χ3v) is 7.55. The first-order valence-electron chi connectivity index (χ1n) is 12.5. The lowest BCUT2D eigenvalue weighted by Crippen LogP contribution is -2.63. The summed E-state index contributed by atoms with van der Waals surface area (Å²) in [5.74, 6) is -6.53. The van der Waals surface area contributed by atoms with Crippen molar-refractivity contribution in [1.82, 2.24) is 4.90 Å². The van der Waals surface area contributed by atoms with Gasteiger partial charge >= 0.3 is 6.09 Å². The van der Waals surface area contributed by atoms with E-state index in [2.05, 4.69) is 17.0 Å². The summed E-state index contributed by atoms with van der Waals surface area (Å²) >= 11 is 0. The molecule has 10 N–H and O–H groups in total. The molecular weight excluding hydrogens is 538 g/mol. The fourth-order valence-electron chi connectivity index (χ4n) is 5.84. The smallest absolute Gasteiger partial charge is 0.406 e. The Kier molecular flexibility index (Phi) is 8.53. The van der Waals surface area contributed by atoms with E-state index in [0.29, 0.717) is 5.56 Å². The minimum atomic E-state index is -2.63. The highest BCUT2D eigenvalue weighted by atomic mass is 16.6. The molecule has 2 amide bonds. The number of aromatic hydroxyl groups is 1. The predicted octanol–water partition coefficient (Wildman–Crippen LogP) is -0.261. The first-order chi connectivity index (χ1) is 19.0. The first-order valence-corrected chi connectivity index (χ1v) is 12.5. The number of Topliss-reactive ketones (excluding diaryl/α,β-unsaturated/α-hetero) is 2. The molecule has 0 aliphatic heterocycles. The molecule has 5 atom stereocenters. The number of aliphatic hydroxyl groups excluding tert-OH is 2. The predicted molar refractivity (Wildman–Crippen MR) is 147 cm³/mol. The lowest BCUT2D eigenvalue weighted by Gasteiger charge is -2.50. The molecule has 14 nitrogen and oxygen atoms in total. The zero-order valence-corrected chi connectivity index (χ0v) is 23.1. The molecule has 1 aromatic carbocycles. The van der Waals surface area contributed by atoms with E-state index < -0.39 is 70.4 Å². The van der Waals surface area contributed by atoms with Crippen LogP contribution in [0.4, 0.5) is 10.5 Å². The number of ketones is 2. The molecule has 0 bridgehead atoms. The molecule has 4 rings (SSSR count). The van der Waals surface area contributed by atoms with Crippen molar-refractivity contribution in [3.63, 3.8) is 0 Å². The van der Waals surface area contributed by atoms with Crippen molar-refractivity contribution in [1.29, 1.82) is 0 Å². The number of fused-ring (bicyclic) bond motifs is 3. The van der Waals surface area contributed by atoms with Crippen LogP contribution in [-0.2, 0) is 20.7 Å². The van der Waals surface area contributed by atoms with Gasteiger partial charge in [-0.3, -0.25) is 25.0 Å². The van der Waals surface area contributed by atoms with Gasteiger partial charge < -0.3 is 41.5 Å². The number of rotatable bonds is 5. The minimum Gasteiger partial charge on any atom is -0.510 e. The maximum absolute atomic E-state index is 13.5. The highest BCUT2D eigenvalue weighted by Gasteiger charge is 2.63. The number of nitrogens with two attached hydrogens (primary N) is 3. The Morgan fingerprint density at radius 1 is 1.15 bits per heavy atom. The van der Waals surface area contributed by atoms with Gasteiger partial charge in [0.2, 0.25) is 5.78 Å². The molecular formula is C27H35N5O9. The quantitative estimate of drug-likeness (QED) is 0.137. The van der Waals surface area contributed by atoms with E-state index in [-0.39, 0.29) is 29.7 Å². The number of hydrogen-bond acceptors (Lipinski definition) is 12. The number of carbonyl (C=O) groups is 4. The topological polar surface area (TPSA) is 243 Å². The van der Waals surface area contributed by atoms with Gasteiger partial charge in [0.15, 0.2) is 17.6 Å². The minimum absolute atomic E-state index is 0.00184. The Balaban J connectivity index is 0.000000507. The van der Waals surface area contributed by atoms with E-state index in [0.717, 1.165) is 5.69 Å². The third kappa shape index (κ3) is 5.12. The van der Waals surface area contributed by atoms with E-state index in [1.807, 2.05) is 0 Å². The maximum atomic E-state index is 13.5. The molecule has 14 heteroatoms. The van der Waals surface area contributed by atoms with Crippen molar-refractivity contribution >= 4 is 29.3 Å². The fraction of sp³-hybridized carbons (Fsp3) is 0.407. The molecule has 1 unspecified atom stereocenters. The molecule has 0 saturated heterocycles. The standard InChI is InChI=1S/C23H27N3O7.C4H8N2O2/c1-25(2)12-5-6-13(27)15-10(12)7-9-8-11-17(26(3)4)19(29)16(22(24)32)21(31)23(11,33)20(30)14(9)18(15)28;1-2-3(5)8-4(6)7/h5-6,9,11,17,27,29-30,33H,7-8H2,1-4H3,(H2,24,32);2-3H,1,5H2,(H2,6,7)/t9-,11-,17-,23-;/m0./s1. The number of aliphatic hydroxyl groups is 3.